The van der Waals surface area contributed by atoms with Crippen molar-refractivity contribution in [2.45, 2.75) is 37.4 Å². The Morgan fingerprint density at radius 3 is 2.46 bits per heavy atom. The third-order valence-corrected chi connectivity index (χ3v) is 6.04. The van der Waals surface area contributed by atoms with E-state index in [-0.39, 0.29) is 17.1 Å². The molecule has 2 aliphatic rings. The standard InChI is InChI=1S/C20H22O4/c1-19(2)14-6-4-5-7-15(14)20(23)17(19)10-12-13(18(20)22)8-11(24-3)9-16(12)21/h4-9,17-18,21-23H,10H2,1-3H3/t17-,18+,20+/m1/s1. The second kappa shape index (κ2) is 4.74. The molecule has 4 heteroatoms. The number of methoxy groups -OCH3 is 1. The summed E-state index contributed by atoms with van der Waals surface area (Å²) >= 11 is 0. The van der Waals surface area contributed by atoms with E-state index < -0.39 is 11.7 Å². The van der Waals surface area contributed by atoms with Gasteiger partial charge in [0.05, 0.1) is 7.11 Å². The average molecular weight is 326 g/mol. The molecule has 4 nitrogen and oxygen atoms in total. The van der Waals surface area contributed by atoms with E-state index >= 15 is 0 Å². The zero-order valence-electron chi connectivity index (χ0n) is 14.1. The maximum absolute atomic E-state index is 11.6. The first-order valence-corrected chi connectivity index (χ1v) is 8.22. The molecule has 0 aromatic heterocycles. The van der Waals surface area contributed by atoms with E-state index in [0.29, 0.717) is 23.3 Å². The SMILES string of the molecule is COc1cc(O)c2c(c1)[C@H](O)[C@]1(O)c3ccccc3C(C)(C)[C@H]1C2. The van der Waals surface area contributed by atoms with Crippen LogP contribution in [0.1, 0.15) is 42.2 Å². The van der Waals surface area contributed by atoms with E-state index in [0.717, 1.165) is 11.1 Å². The van der Waals surface area contributed by atoms with Crippen molar-refractivity contribution in [1.29, 1.82) is 0 Å². The lowest BCUT2D eigenvalue weighted by Crippen LogP contribution is -2.47. The summed E-state index contributed by atoms with van der Waals surface area (Å²) in [4.78, 5) is 0. The van der Waals surface area contributed by atoms with Gasteiger partial charge in [-0.3, -0.25) is 0 Å². The molecule has 0 unspecified atom stereocenters. The number of hydrogen-bond acceptors (Lipinski definition) is 4. The van der Waals surface area contributed by atoms with Crippen LogP contribution in [0.25, 0.3) is 0 Å². The van der Waals surface area contributed by atoms with Crippen LogP contribution in [0.15, 0.2) is 36.4 Å². The molecule has 0 spiro atoms. The predicted molar refractivity (Wildman–Crippen MR) is 90.2 cm³/mol. The van der Waals surface area contributed by atoms with Crippen LogP contribution in [0.5, 0.6) is 11.5 Å². The Hall–Kier alpha value is -2.04. The van der Waals surface area contributed by atoms with Crippen molar-refractivity contribution in [3.05, 3.63) is 58.7 Å². The van der Waals surface area contributed by atoms with Gasteiger partial charge in [0, 0.05) is 17.5 Å². The lowest BCUT2D eigenvalue weighted by molar-refractivity contribution is -0.135. The normalized spacial score (nSPS) is 29.5. The van der Waals surface area contributed by atoms with Gasteiger partial charge in [-0.05, 0) is 34.6 Å². The minimum atomic E-state index is -1.37. The topological polar surface area (TPSA) is 69.9 Å². The van der Waals surface area contributed by atoms with Crippen LogP contribution in [-0.4, -0.2) is 22.4 Å². The van der Waals surface area contributed by atoms with Crippen LogP contribution in [-0.2, 0) is 17.4 Å². The van der Waals surface area contributed by atoms with Gasteiger partial charge < -0.3 is 20.1 Å². The molecule has 3 N–H and O–H groups in total. The van der Waals surface area contributed by atoms with Gasteiger partial charge in [-0.25, -0.2) is 0 Å². The fourth-order valence-corrected chi connectivity index (χ4v) is 4.75. The summed E-state index contributed by atoms with van der Waals surface area (Å²) in [6.07, 6.45) is -0.615. The highest BCUT2D eigenvalue weighted by Crippen LogP contribution is 2.62. The van der Waals surface area contributed by atoms with Gasteiger partial charge in [0.2, 0.25) is 0 Å². The molecule has 24 heavy (non-hydrogen) atoms. The molecule has 2 aromatic carbocycles. The van der Waals surface area contributed by atoms with Crippen molar-refractivity contribution < 1.29 is 20.1 Å². The Balaban J connectivity index is 1.98. The zero-order chi connectivity index (χ0) is 17.3. The van der Waals surface area contributed by atoms with E-state index in [1.54, 1.807) is 12.1 Å². The maximum Gasteiger partial charge on any atom is 0.124 e. The Morgan fingerprint density at radius 1 is 1.12 bits per heavy atom. The van der Waals surface area contributed by atoms with Gasteiger partial charge >= 0.3 is 0 Å². The molecule has 2 aromatic rings. The number of benzene rings is 2. The van der Waals surface area contributed by atoms with E-state index in [2.05, 4.69) is 13.8 Å². The van der Waals surface area contributed by atoms with E-state index in [4.69, 9.17) is 4.74 Å². The van der Waals surface area contributed by atoms with Gasteiger partial charge in [0.25, 0.3) is 0 Å². The number of ether oxygens (including phenoxy) is 1. The Morgan fingerprint density at radius 2 is 1.79 bits per heavy atom. The molecule has 0 heterocycles. The van der Waals surface area contributed by atoms with Gasteiger partial charge in [0.15, 0.2) is 0 Å². The van der Waals surface area contributed by atoms with Crippen molar-refractivity contribution >= 4 is 0 Å². The van der Waals surface area contributed by atoms with Crippen molar-refractivity contribution in [3.8, 4) is 11.5 Å². The number of aromatic hydroxyl groups is 1. The lowest BCUT2D eigenvalue weighted by Gasteiger charge is -2.45. The van der Waals surface area contributed by atoms with Crippen molar-refractivity contribution in [2.24, 2.45) is 5.92 Å². The number of phenolic OH excluding ortho intramolecular Hbond substituents is 1. The molecule has 2 aliphatic carbocycles. The highest BCUT2D eigenvalue weighted by Gasteiger charge is 2.61. The number of aliphatic hydroxyl groups excluding tert-OH is 1. The van der Waals surface area contributed by atoms with Crippen LogP contribution >= 0.6 is 0 Å². The first-order valence-electron chi connectivity index (χ1n) is 8.22. The lowest BCUT2D eigenvalue weighted by atomic mass is 9.64. The molecule has 0 bridgehead atoms. The summed E-state index contributed by atoms with van der Waals surface area (Å²) in [5.41, 5.74) is 1.38. The highest BCUT2D eigenvalue weighted by molar-refractivity contribution is 5.55. The van der Waals surface area contributed by atoms with E-state index in [9.17, 15) is 15.3 Å². The summed E-state index contributed by atoms with van der Waals surface area (Å²) in [6.45, 7) is 4.18. The van der Waals surface area contributed by atoms with Crippen LogP contribution in [0.2, 0.25) is 0 Å². The monoisotopic (exact) mass is 326 g/mol. The molecule has 0 radical (unpaired) electrons. The molecule has 0 amide bonds. The van der Waals surface area contributed by atoms with Crippen molar-refractivity contribution in [1.82, 2.24) is 0 Å². The average Bonchev–Trinajstić information content (AvgIpc) is 2.75. The second-order valence-corrected chi connectivity index (χ2v) is 7.47. The number of aliphatic hydroxyl groups is 2. The number of rotatable bonds is 1. The molecule has 4 rings (SSSR count). The second-order valence-electron chi connectivity index (χ2n) is 7.47. The van der Waals surface area contributed by atoms with E-state index in [1.165, 1.54) is 7.11 Å². The minimum Gasteiger partial charge on any atom is -0.508 e. The fourth-order valence-electron chi connectivity index (χ4n) is 4.75. The zero-order valence-corrected chi connectivity index (χ0v) is 14.1. The molecule has 0 aliphatic heterocycles. The maximum atomic E-state index is 11.6. The minimum absolute atomic E-state index is 0.109. The Labute approximate surface area is 141 Å². The summed E-state index contributed by atoms with van der Waals surface area (Å²) in [5, 5.41) is 33.1. The summed E-state index contributed by atoms with van der Waals surface area (Å²) in [5.74, 6) is 0.360. The fraction of sp³-hybridized carbons (Fsp3) is 0.400. The third-order valence-electron chi connectivity index (χ3n) is 6.04. The number of fused-ring (bicyclic) bond motifs is 4. The molecule has 126 valence electrons. The van der Waals surface area contributed by atoms with Crippen LogP contribution in [0.3, 0.4) is 0 Å². The van der Waals surface area contributed by atoms with Gasteiger partial charge in [0.1, 0.15) is 23.2 Å². The Bertz CT molecular complexity index is 826. The van der Waals surface area contributed by atoms with E-state index in [1.807, 2.05) is 24.3 Å². The molecule has 3 atom stereocenters. The largest absolute Gasteiger partial charge is 0.508 e. The van der Waals surface area contributed by atoms with Crippen LogP contribution in [0.4, 0.5) is 0 Å². The predicted octanol–water partition coefficient (Wildman–Crippen LogP) is 2.79. The number of hydrogen-bond donors (Lipinski definition) is 3. The van der Waals surface area contributed by atoms with Gasteiger partial charge in [-0.2, -0.15) is 0 Å². The summed E-state index contributed by atoms with van der Waals surface area (Å²) in [6, 6.07) is 11.0. The first kappa shape index (κ1) is 15.5. The van der Waals surface area contributed by atoms with Crippen molar-refractivity contribution in [2.75, 3.05) is 7.11 Å². The van der Waals surface area contributed by atoms with Crippen molar-refractivity contribution in [3.63, 3.8) is 0 Å². The molecule has 0 fully saturated rings. The summed E-state index contributed by atoms with van der Waals surface area (Å²) < 4.78 is 5.21. The number of phenols is 1. The van der Waals surface area contributed by atoms with Gasteiger partial charge in [-0.1, -0.05) is 38.1 Å². The molecule has 0 saturated heterocycles. The Kier molecular flexibility index (Phi) is 3.06. The quantitative estimate of drug-likeness (QED) is 0.754. The third kappa shape index (κ3) is 1.70. The van der Waals surface area contributed by atoms with Crippen LogP contribution < -0.4 is 4.74 Å². The highest BCUT2D eigenvalue weighted by atomic mass is 16.5. The van der Waals surface area contributed by atoms with Crippen LogP contribution in [0, 0.1) is 5.92 Å². The summed E-state index contributed by atoms with van der Waals surface area (Å²) in [7, 11) is 1.52. The molecular weight excluding hydrogens is 304 g/mol. The van der Waals surface area contributed by atoms with Gasteiger partial charge in [-0.15, -0.1) is 0 Å². The first-order chi connectivity index (χ1) is 11.3. The smallest absolute Gasteiger partial charge is 0.124 e. The molecule has 0 saturated carbocycles. The molecular formula is C20H22O4.